The van der Waals surface area contributed by atoms with E-state index in [4.69, 9.17) is 4.74 Å². The van der Waals surface area contributed by atoms with Gasteiger partial charge in [0.1, 0.15) is 30.5 Å². The lowest BCUT2D eigenvalue weighted by Gasteiger charge is -2.15. The highest BCUT2D eigenvalue weighted by Gasteiger charge is 2.17. The summed E-state index contributed by atoms with van der Waals surface area (Å²) in [6, 6.07) is 18.8. The third kappa shape index (κ3) is 6.04. The summed E-state index contributed by atoms with van der Waals surface area (Å²) < 4.78 is 5.81. The molecule has 0 aliphatic carbocycles. The van der Waals surface area contributed by atoms with E-state index in [1.807, 2.05) is 61.5 Å². The molecule has 2 aromatic carbocycles. The average Bonchev–Trinajstić information content (AvgIpc) is 2.76. The largest absolute Gasteiger partial charge is 0.489 e. The molecule has 3 aromatic rings. The second-order valence-electron chi connectivity index (χ2n) is 6.76. The Kier molecular flexibility index (Phi) is 7.16. The molecule has 150 valence electrons. The monoisotopic (exact) mass is 391 g/mol. The molecule has 0 saturated heterocycles. The Bertz CT molecular complexity index is 914. The molecule has 0 fully saturated rings. The van der Waals surface area contributed by atoms with Crippen molar-refractivity contribution in [3.8, 4) is 17.0 Å². The molecule has 0 amide bonds. The summed E-state index contributed by atoms with van der Waals surface area (Å²) in [4.78, 5) is 19.9. The number of ether oxygens (including phenoxy) is 1. The van der Waals surface area contributed by atoms with Gasteiger partial charge >= 0.3 is 5.97 Å². The van der Waals surface area contributed by atoms with Crippen LogP contribution in [0.25, 0.3) is 11.3 Å². The Morgan fingerprint density at radius 1 is 1.10 bits per heavy atom. The van der Waals surface area contributed by atoms with Gasteiger partial charge in [-0.3, -0.25) is 0 Å². The van der Waals surface area contributed by atoms with Gasteiger partial charge in [-0.15, -0.1) is 0 Å². The predicted octanol–water partition coefficient (Wildman–Crippen LogP) is 4.78. The maximum absolute atomic E-state index is 11.4. The molecule has 1 atom stereocenters. The second kappa shape index (κ2) is 10.2. The summed E-state index contributed by atoms with van der Waals surface area (Å²) in [5.74, 6) is 0.400. The molecule has 1 heterocycles. The number of hydrogen-bond donors (Lipinski definition) is 2. The van der Waals surface area contributed by atoms with E-state index in [1.54, 1.807) is 6.07 Å². The third-order valence-corrected chi connectivity index (χ3v) is 4.53. The molecule has 6 heteroatoms. The first-order valence-electron chi connectivity index (χ1n) is 9.74. The van der Waals surface area contributed by atoms with Crippen LogP contribution in [0.15, 0.2) is 67.0 Å². The smallest absolute Gasteiger partial charge is 0.326 e. The lowest BCUT2D eigenvalue weighted by atomic mass is 10.1. The van der Waals surface area contributed by atoms with Gasteiger partial charge in [0, 0.05) is 11.6 Å². The molecule has 0 unspecified atom stereocenters. The molecule has 0 aliphatic rings. The standard InChI is InChI=1S/C23H25N3O3/c1-2-3-9-20(23(27)28)26-22-14-21(24-16-25-22)18-10-12-19(13-11-18)29-15-17-7-5-4-6-8-17/h4-8,10-14,16,20H,2-3,9,15H2,1H3,(H,27,28)(H,24,25,26)/t20-/m0/s1. The van der Waals surface area contributed by atoms with Gasteiger partial charge in [0.2, 0.25) is 0 Å². The lowest BCUT2D eigenvalue weighted by molar-refractivity contribution is -0.138. The minimum absolute atomic E-state index is 0.503. The Morgan fingerprint density at radius 3 is 2.55 bits per heavy atom. The van der Waals surface area contributed by atoms with E-state index in [2.05, 4.69) is 15.3 Å². The van der Waals surface area contributed by atoms with Crippen LogP contribution in [-0.2, 0) is 11.4 Å². The number of unbranched alkanes of at least 4 members (excludes halogenated alkanes) is 1. The average molecular weight is 391 g/mol. The van der Waals surface area contributed by atoms with Gasteiger partial charge in [-0.1, -0.05) is 50.1 Å². The van der Waals surface area contributed by atoms with Crippen molar-refractivity contribution in [2.75, 3.05) is 5.32 Å². The van der Waals surface area contributed by atoms with Crippen molar-refractivity contribution in [2.24, 2.45) is 0 Å². The number of rotatable bonds is 10. The van der Waals surface area contributed by atoms with Gasteiger partial charge in [-0.25, -0.2) is 14.8 Å². The van der Waals surface area contributed by atoms with E-state index < -0.39 is 12.0 Å². The van der Waals surface area contributed by atoms with E-state index in [1.165, 1.54) is 6.33 Å². The second-order valence-corrected chi connectivity index (χ2v) is 6.76. The van der Waals surface area contributed by atoms with Crippen molar-refractivity contribution in [1.82, 2.24) is 9.97 Å². The zero-order valence-electron chi connectivity index (χ0n) is 16.4. The van der Waals surface area contributed by atoms with E-state index in [9.17, 15) is 9.90 Å². The summed E-state index contributed by atoms with van der Waals surface area (Å²) in [5, 5.41) is 12.4. The van der Waals surface area contributed by atoms with E-state index in [0.29, 0.717) is 18.8 Å². The van der Waals surface area contributed by atoms with Crippen molar-refractivity contribution < 1.29 is 14.6 Å². The van der Waals surface area contributed by atoms with Crippen LogP contribution in [0.5, 0.6) is 5.75 Å². The Balaban J connectivity index is 1.65. The molecule has 1 aromatic heterocycles. The number of hydrogen-bond acceptors (Lipinski definition) is 5. The van der Waals surface area contributed by atoms with Crippen molar-refractivity contribution in [1.29, 1.82) is 0 Å². The predicted molar refractivity (Wildman–Crippen MR) is 113 cm³/mol. The molecule has 0 bridgehead atoms. The van der Waals surface area contributed by atoms with Crippen LogP contribution in [-0.4, -0.2) is 27.1 Å². The van der Waals surface area contributed by atoms with Gasteiger partial charge in [0.15, 0.2) is 0 Å². The molecule has 29 heavy (non-hydrogen) atoms. The topological polar surface area (TPSA) is 84.3 Å². The number of carboxylic acids is 1. The highest BCUT2D eigenvalue weighted by atomic mass is 16.5. The number of aromatic nitrogens is 2. The van der Waals surface area contributed by atoms with Crippen molar-refractivity contribution in [3.63, 3.8) is 0 Å². The van der Waals surface area contributed by atoms with Crippen LogP contribution in [0.2, 0.25) is 0 Å². The van der Waals surface area contributed by atoms with Crippen molar-refractivity contribution in [3.05, 3.63) is 72.6 Å². The molecule has 6 nitrogen and oxygen atoms in total. The molecule has 0 aliphatic heterocycles. The van der Waals surface area contributed by atoms with Crippen LogP contribution in [0, 0.1) is 0 Å². The zero-order chi connectivity index (χ0) is 20.5. The van der Waals surface area contributed by atoms with E-state index >= 15 is 0 Å². The summed E-state index contributed by atoms with van der Waals surface area (Å²) in [7, 11) is 0. The fourth-order valence-corrected chi connectivity index (χ4v) is 2.90. The minimum Gasteiger partial charge on any atom is -0.489 e. The molecular weight excluding hydrogens is 366 g/mol. The van der Waals surface area contributed by atoms with Gasteiger partial charge in [0.05, 0.1) is 5.69 Å². The third-order valence-electron chi connectivity index (χ3n) is 4.53. The number of aliphatic carboxylic acids is 1. The first-order chi connectivity index (χ1) is 14.2. The first-order valence-corrected chi connectivity index (χ1v) is 9.74. The fraction of sp³-hybridized carbons (Fsp3) is 0.261. The molecule has 3 rings (SSSR count). The normalized spacial score (nSPS) is 11.6. The summed E-state index contributed by atoms with van der Waals surface area (Å²) in [6.07, 6.45) is 3.78. The number of nitrogens with zero attached hydrogens (tertiary/aromatic N) is 2. The number of carbonyl (C=O) groups is 1. The highest BCUT2D eigenvalue weighted by molar-refractivity contribution is 5.77. The maximum atomic E-state index is 11.4. The molecule has 0 radical (unpaired) electrons. The summed E-state index contributed by atoms with van der Waals surface area (Å²) in [6.45, 7) is 2.55. The zero-order valence-corrected chi connectivity index (χ0v) is 16.4. The molecule has 0 spiro atoms. The van der Waals surface area contributed by atoms with Gasteiger partial charge in [0.25, 0.3) is 0 Å². The summed E-state index contributed by atoms with van der Waals surface area (Å²) >= 11 is 0. The minimum atomic E-state index is -0.876. The summed E-state index contributed by atoms with van der Waals surface area (Å²) in [5.41, 5.74) is 2.74. The van der Waals surface area contributed by atoms with Crippen LogP contribution in [0.3, 0.4) is 0 Å². The van der Waals surface area contributed by atoms with Crippen LogP contribution < -0.4 is 10.1 Å². The number of nitrogens with one attached hydrogen (secondary N) is 1. The Hall–Kier alpha value is -3.41. The van der Waals surface area contributed by atoms with E-state index in [-0.39, 0.29) is 0 Å². The molecule has 2 N–H and O–H groups in total. The van der Waals surface area contributed by atoms with E-state index in [0.717, 1.165) is 35.4 Å². The lowest BCUT2D eigenvalue weighted by Crippen LogP contribution is -2.29. The van der Waals surface area contributed by atoms with Gasteiger partial charge < -0.3 is 15.2 Å². The number of carboxylic acid groups (broad SMARTS) is 1. The maximum Gasteiger partial charge on any atom is 0.326 e. The van der Waals surface area contributed by atoms with Gasteiger partial charge in [-0.2, -0.15) is 0 Å². The Labute approximate surface area is 170 Å². The van der Waals surface area contributed by atoms with Crippen molar-refractivity contribution in [2.45, 2.75) is 38.8 Å². The number of anilines is 1. The fourth-order valence-electron chi connectivity index (χ4n) is 2.90. The highest BCUT2D eigenvalue weighted by Crippen LogP contribution is 2.23. The SMILES string of the molecule is CCCC[C@H](Nc1cc(-c2ccc(OCc3ccccc3)cc2)ncn1)C(=O)O. The molecule has 0 saturated carbocycles. The van der Waals surface area contributed by atoms with Gasteiger partial charge in [-0.05, 0) is 36.2 Å². The van der Waals surface area contributed by atoms with Crippen LogP contribution in [0.4, 0.5) is 5.82 Å². The van der Waals surface area contributed by atoms with Crippen LogP contribution in [0.1, 0.15) is 31.7 Å². The Morgan fingerprint density at radius 2 is 1.86 bits per heavy atom. The quantitative estimate of drug-likeness (QED) is 0.517. The number of benzene rings is 2. The molecular formula is C23H25N3O3. The first kappa shape index (κ1) is 20.3. The van der Waals surface area contributed by atoms with Crippen LogP contribution >= 0.6 is 0 Å². The van der Waals surface area contributed by atoms with Crippen molar-refractivity contribution >= 4 is 11.8 Å².